The minimum Gasteiger partial charge on any atom is -1.00 e. The fourth-order valence-electron chi connectivity index (χ4n) is 1.96. The molecule has 0 fully saturated rings. The Morgan fingerprint density at radius 2 is 1.29 bits per heavy atom. The number of hydrogen-bond donors (Lipinski definition) is 0. The molecule has 0 aromatic heterocycles. The van der Waals surface area contributed by atoms with Crippen molar-refractivity contribution in [1.29, 1.82) is 0 Å². The summed E-state index contributed by atoms with van der Waals surface area (Å²) in [4.78, 5) is 0. The summed E-state index contributed by atoms with van der Waals surface area (Å²) in [6, 6.07) is 11.1. The van der Waals surface area contributed by atoms with Crippen LogP contribution in [0.1, 0.15) is 20.8 Å². The molecule has 0 spiro atoms. The summed E-state index contributed by atoms with van der Waals surface area (Å²) in [6.07, 6.45) is 4.05. The van der Waals surface area contributed by atoms with E-state index in [1.807, 2.05) is 0 Å². The average Bonchev–Trinajstić information content (AvgIpc) is 2.23. The molecule has 1 aromatic rings. The van der Waals surface area contributed by atoms with Crippen LogP contribution in [0.3, 0.4) is 0 Å². The maximum atomic E-state index is 2.34. The van der Waals surface area contributed by atoms with Crippen LogP contribution < -0.4 is 5.30 Å². The number of benzene rings is 1. The van der Waals surface area contributed by atoms with Crippen LogP contribution in [0.15, 0.2) is 30.3 Å². The molecule has 2 heteroatoms. The van der Waals surface area contributed by atoms with Crippen LogP contribution in [0.4, 0.5) is 0 Å². The van der Waals surface area contributed by atoms with Gasteiger partial charge in [-0.25, -0.2) is 0 Å². The first-order valence-electron chi connectivity index (χ1n) is 5.20. The van der Waals surface area contributed by atoms with Crippen molar-refractivity contribution in [1.82, 2.24) is 0 Å². The lowest BCUT2D eigenvalue weighted by Gasteiger charge is -2.23. The van der Waals surface area contributed by atoms with E-state index in [1.165, 1.54) is 18.5 Å². The Morgan fingerprint density at radius 3 is 1.64 bits per heavy atom. The zero-order valence-corrected chi connectivity index (χ0v) is 10.4. The molecule has 0 unspecified atom stereocenters. The van der Waals surface area contributed by atoms with Crippen LogP contribution in [0.2, 0.25) is 0 Å². The monoisotopic (exact) mass is 206 g/mol. The lowest BCUT2D eigenvalue weighted by Crippen LogP contribution is -2.17. The van der Waals surface area contributed by atoms with E-state index in [2.05, 4.69) is 51.1 Å². The summed E-state index contributed by atoms with van der Waals surface area (Å²) < 4.78 is 0. The van der Waals surface area contributed by atoms with Gasteiger partial charge in [-0.2, -0.15) is 0 Å². The van der Waals surface area contributed by atoms with Gasteiger partial charge in [0.25, 0.3) is 0 Å². The molecule has 0 aliphatic carbocycles. The van der Waals surface area contributed by atoms with Gasteiger partial charge in [0, 0.05) is 7.26 Å². The Labute approximate surface area is 91.0 Å². The van der Waals surface area contributed by atoms with Crippen molar-refractivity contribution in [2.45, 2.75) is 20.8 Å². The molecular formula is C12H20BP. The number of rotatable bonds is 4. The van der Waals surface area contributed by atoms with Crippen LogP contribution in [0.5, 0.6) is 0 Å². The minimum absolute atomic E-state index is 0. The van der Waals surface area contributed by atoms with Crippen LogP contribution in [-0.4, -0.2) is 26.9 Å². The maximum Gasteiger partial charge on any atom is 0.0939 e. The predicted octanol–water partition coefficient (Wildman–Crippen LogP) is 3.01. The summed E-state index contributed by atoms with van der Waals surface area (Å²) in [6.45, 7) is 7.02. The van der Waals surface area contributed by atoms with E-state index in [1.54, 1.807) is 5.30 Å². The van der Waals surface area contributed by atoms with Gasteiger partial charge in [0.1, 0.15) is 0 Å². The van der Waals surface area contributed by atoms with Crippen LogP contribution in [0, 0.1) is 0 Å². The van der Waals surface area contributed by atoms with E-state index in [-0.39, 0.29) is 8.41 Å². The minimum atomic E-state index is -0.791. The van der Waals surface area contributed by atoms with E-state index in [9.17, 15) is 0 Å². The molecule has 1 aromatic carbocycles. The van der Waals surface area contributed by atoms with Crippen molar-refractivity contribution in [2.24, 2.45) is 0 Å². The second kappa shape index (κ2) is 6.25. The first-order chi connectivity index (χ1) is 6.29. The molecule has 0 saturated carbocycles. The molecule has 14 heavy (non-hydrogen) atoms. The highest BCUT2D eigenvalue weighted by Crippen LogP contribution is 2.56. The van der Waals surface area contributed by atoms with Gasteiger partial charge in [-0.15, -0.1) is 0 Å². The highest BCUT2D eigenvalue weighted by atomic mass is 31.2. The Morgan fingerprint density at radius 1 is 0.857 bits per heavy atom. The first kappa shape index (κ1) is 13.7. The smallest absolute Gasteiger partial charge is 0.0939 e. The molecule has 1 rings (SSSR count). The van der Waals surface area contributed by atoms with Gasteiger partial charge >= 0.3 is 0 Å². The summed E-state index contributed by atoms with van der Waals surface area (Å²) in [7, 11) is -0.791. The zero-order chi connectivity index (χ0) is 9.73. The van der Waals surface area contributed by atoms with Crippen LogP contribution in [-0.2, 0) is 0 Å². The van der Waals surface area contributed by atoms with Crippen LogP contribution >= 0.6 is 7.26 Å². The topological polar surface area (TPSA) is 0 Å². The molecule has 0 heterocycles. The van der Waals surface area contributed by atoms with E-state index in [4.69, 9.17) is 0 Å². The molecule has 0 atom stereocenters. The first-order valence-corrected chi connectivity index (χ1v) is 7.55. The van der Waals surface area contributed by atoms with E-state index in [0.717, 1.165) is 0 Å². The Kier molecular flexibility index (Phi) is 6.12. The quantitative estimate of drug-likeness (QED) is 0.524. The SMILES string of the molecule is CC[P+](CC)(CC)c1ccccc1.[B-]. The van der Waals surface area contributed by atoms with Crippen molar-refractivity contribution < 1.29 is 0 Å². The molecule has 0 bridgehead atoms. The lowest BCUT2D eigenvalue weighted by atomic mass is 10.4. The van der Waals surface area contributed by atoms with Gasteiger partial charge in [0.05, 0.1) is 23.8 Å². The predicted molar refractivity (Wildman–Crippen MR) is 70.4 cm³/mol. The number of hydrogen-bond acceptors (Lipinski definition) is 0. The third kappa shape index (κ3) is 2.61. The zero-order valence-electron chi connectivity index (χ0n) is 9.53. The average molecular weight is 206 g/mol. The normalized spacial score (nSPS) is 10.8. The van der Waals surface area contributed by atoms with E-state index in [0.29, 0.717) is 0 Å². The molecule has 0 N–H and O–H groups in total. The molecule has 0 aliphatic rings. The lowest BCUT2D eigenvalue weighted by molar-refractivity contribution is 1.32. The van der Waals surface area contributed by atoms with E-state index >= 15 is 0 Å². The summed E-state index contributed by atoms with van der Waals surface area (Å²) in [5.74, 6) is 0. The highest BCUT2D eigenvalue weighted by molar-refractivity contribution is 7.82. The molecule has 0 nitrogen and oxygen atoms in total. The standard InChI is InChI=1S/C12H20P.B/c1-4-13(5-2,6-3)12-10-8-7-9-11-12;/h7-11H,4-6H2,1-3H3;/q+1;-1. The van der Waals surface area contributed by atoms with Gasteiger partial charge in [0.15, 0.2) is 0 Å². The summed E-state index contributed by atoms with van der Waals surface area (Å²) >= 11 is 0. The summed E-state index contributed by atoms with van der Waals surface area (Å²) in [5.41, 5.74) is 0. The van der Waals surface area contributed by atoms with E-state index < -0.39 is 7.26 Å². The molecule has 0 aliphatic heterocycles. The Balaban J connectivity index is 0.00000169. The molecule has 76 valence electrons. The van der Waals surface area contributed by atoms with Gasteiger partial charge in [-0.1, -0.05) is 18.2 Å². The maximum absolute atomic E-state index is 2.34. The Hall–Kier alpha value is -0.285. The van der Waals surface area contributed by atoms with Gasteiger partial charge in [0.2, 0.25) is 0 Å². The van der Waals surface area contributed by atoms with Gasteiger partial charge < -0.3 is 8.41 Å². The van der Waals surface area contributed by atoms with Crippen molar-refractivity contribution in [3.8, 4) is 0 Å². The van der Waals surface area contributed by atoms with Crippen molar-refractivity contribution >= 4 is 21.0 Å². The van der Waals surface area contributed by atoms with Gasteiger partial charge in [-0.3, -0.25) is 0 Å². The van der Waals surface area contributed by atoms with Crippen LogP contribution in [0.25, 0.3) is 0 Å². The highest BCUT2D eigenvalue weighted by Gasteiger charge is 2.33. The fraction of sp³-hybridized carbons (Fsp3) is 0.500. The third-order valence-corrected chi connectivity index (χ3v) is 8.15. The molecule has 0 amide bonds. The fourth-order valence-corrected chi connectivity index (χ4v) is 5.20. The van der Waals surface area contributed by atoms with Crippen molar-refractivity contribution in [3.63, 3.8) is 0 Å². The molecular weight excluding hydrogens is 186 g/mol. The Bertz CT molecular complexity index is 233. The van der Waals surface area contributed by atoms with Crippen molar-refractivity contribution in [3.05, 3.63) is 30.3 Å². The van der Waals surface area contributed by atoms with Gasteiger partial charge in [-0.05, 0) is 32.9 Å². The molecule has 0 saturated heterocycles. The largest absolute Gasteiger partial charge is 1.00 e. The third-order valence-electron chi connectivity index (χ3n) is 3.12. The molecule has 4 radical (unpaired) electrons. The second-order valence-electron chi connectivity index (χ2n) is 3.43. The summed E-state index contributed by atoms with van der Waals surface area (Å²) in [5, 5.41) is 1.61. The van der Waals surface area contributed by atoms with Crippen molar-refractivity contribution in [2.75, 3.05) is 18.5 Å². The second-order valence-corrected chi connectivity index (χ2v) is 8.13.